The van der Waals surface area contributed by atoms with Crippen molar-refractivity contribution in [2.45, 2.75) is 0 Å². The Hall–Kier alpha value is -0.693. The van der Waals surface area contributed by atoms with Crippen molar-refractivity contribution in [3.63, 3.8) is 0 Å². The molecule has 0 aliphatic heterocycles. The molecule has 0 saturated heterocycles. The molecule has 1 aromatic rings. The van der Waals surface area contributed by atoms with E-state index in [2.05, 4.69) is 6.58 Å². The van der Waals surface area contributed by atoms with Crippen molar-refractivity contribution in [3.8, 4) is 5.75 Å². The van der Waals surface area contributed by atoms with Gasteiger partial charge in [-0.05, 0) is 12.1 Å². The van der Waals surface area contributed by atoms with Gasteiger partial charge in [-0.15, -0.1) is 6.58 Å². The van der Waals surface area contributed by atoms with Gasteiger partial charge in [0.15, 0.2) is 0 Å². The van der Waals surface area contributed by atoms with Crippen LogP contribution in [0.25, 0.3) is 0 Å². The molecule has 14 heavy (non-hydrogen) atoms. The van der Waals surface area contributed by atoms with Gasteiger partial charge < -0.3 is 4.18 Å². The van der Waals surface area contributed by atoms with Crippen LogP contribution in [0.15, 0.2) is 43.0 Å². The minimum absolute atomic E-state index is 0. The van der Waals surface area contributed by atoms with Gasteiger partial charge in [-0.3, -0.25) is 0 Å². The summed E-state index contributed by atoms with van der Waals surface area (Å²) < 4.78 is 27.0. The molecule has 0 spiro atoms. The standard InChI is InChI=1S/C9H10O3S.Li.H/c1-2-8-13(10,11)12-9-6-4-3-5-7-9;;/h2-7H,1,8H2;;. The van der Waals surface area contributed by atoms with Crippen LogP contribution in [-0.4, -0.2) is 33.0 Å². The van der Waals surface area contributed by atoms with Gasteiger partial charge in [-0.25, -0.2) is 0 Å². The summed E-state index contributed by atoms with van der Waals surface area (Å²) >= 11 is 0. The summed E-state index contributed by atoms with van der Waals surface area (Å²) in [5.74, 6) is 0.145. The van der Waals surface area contributed by atoms with Crippen LogP contribution in [0.3, 0.4) is 0 Å². The van der Waals surface area contributed by atoms with Gasteiger partial charge in [0, 0.05) is 0 Å². The van der Waals surface area contributed by atoms with Crippen molar-refractivity contribution in [2.24, 2.45) is 0 Å². The number of benzene rings is 1. The van der Waals surface area contributed by atoms with E-state index in [9.17, 15) is 8.42 Å². The molecule has 0 aromatic heterocycles. The zero-order chi connectivity index (χ0) is 9.73. The van der Waals surface area contributed by atoms with Crippen LogP contribution in [0.1, 0.15) is 0 Å². The number of hydrogen-bond donors (Lipinski definition) is 0. The Labute approximate surface area is 96.1 Å². The molecule has 0 aliphatic carbocycles. The van der Waals surface area contributed by atoms with E-state index in [0.717, 1.165) is 0 Å². The Bertz CT molecular complexity index is 372. The predicted molar refractivity (Wildman–Crippen MR) is 58.2 cm³/mol. The minimum atomic E-state index is -3.50. The molecule has 0 N–H and O–H groups in total. The molecule has 0 aliphatic rings. The summed E-state index contributed by atoms with van der Waals surface area (Å²) in [7, 11) is -3.50. The Balaban J connectivity index is 0.00000169. The molecule has 1 rings (SSSR count). The van der Waals surface area contributed by atoms with Crippen LogP contribution in [0.5, 0.6) is 5.75 Å². The number of rotatable bonds is 4. The fourth-order valence-electron chi connectivity index (χ4n) is 0.801. The van der Waals surface area contributed by atoms with Crippen LogP contribution in [0, 0.1) is 0 Å². The van der Waals surface area contributed by atoms with E-state index in [0.29, 0.717) is 5.75 Å². The summed E-state index contributed by atoms with van der Waals surface area (Å²) in [6.45, 7) is 3.33. The van der Waals surface area contributed by atoms with Crippen molar-refractivity contribution in [1.82, 2.24) is 0 Å². The first-order chi connectivity index (χ1) is 6.14. The van der Waals surface area contributed by atoms with Crippen molar-refractivity contribution < 1.29 is 12.6 Å². The Morgan fingerprint density at radius 1 is 1.29 bits per heavy atom. The monoisotopic (exact) mass is 206 g/mol. The second-order valence-electron chi connectivity index (χ2n) is 2.41. The molecular formula is C9H11LiO3S. The molecule has 5 heteroatoms. The predicted octanol–water partition coefficient (Wildman–Crippen LogP) is 0.933. The molecule has 0 bridgehead atoms. The van der Waals surface area contributed by atoms with E-state index in [1.807, 2.05) is 0 Å². The van der Waals surface area contributed by atoms with E-state index in [-0.39, 0.29) is 24.6 Å². The molecule has 3 nitrogen and oxygen atoms in total. The van der Waals surface area contributed by atoms with Gasteiger partial charge in [-0.1, -0.05) is 24.3 Å². The zero-order valence-electron chi connectivity index (χ0n) is 7.01. The van der Waals surface area contributed by atoms with Gasteiger partial charge in [0.05, 0.1) is 0 Å². The number of para-hydroxylation sites is 1. The second kappa shape index (κ2) is 5.92. The van der Waals surface area contributed by atoms with Crippen molar-refractivity contribution >= 4 is 29.0 Å². The van der Waals surface area contributed by atoms with E-state index >= 15 is 0 Å². The molecule has 0 saturated carbocycles. The molecule has 0 radical (unpaired) electrons. The molecule has 0 unspecified atom stereocenters. The summed E-state index contributed by atoms with van der Waals surface area (Å²) in [4.78, 5) is 0. The Kier molecular flexibility index (Phi) is 5.62. The van der Waals surface area contributed by atoms with Gasteiger partial charge in [-0.2, -0.15) is 8.42 Å². The van der Waals surface area contributed by atoms with Gasteiger partial charge in [0.25, 0.3) is 0 Å². The Morgan fingerprint density at radius 2 is 1.86 bits per heavy atom. The third-order valence-electron chi connectivity index (χ3n) is 1.29. The maximum absolute atomic E-state index is 11.1. The zero-order valence-corrected chi connectivity index (χ0v) is 7.83. The first kappa shape index (κ1) is 13.3. The first-order valence-electron chi connectivity index (χ1n) is 3.72. The summed E-state index contributed by atoms with van der Waals surface area (Å²) in [5, 5.41) is 0. The van der Waals surface area contributed by atoms with E-state index in [4.69, 9.17) is 4.18 Å². The summed E-state index contributed by atoms with van der Waals surface area (Å²) in [6, 6.07) is 8.37. The number of hydrogen-bond acceptors (Lipinski definition) is 3. The van der Waals surface area contributed by atoms with Crippen LogP contribution in [0.4, 0.5) is 0 Å². The first-order valence-corrected chi connectivity index (χ1v) is 5.30. The normalized spacial score (nSPS) is 10.0. The van der Waals surface area contributed by atoms with Crippen LogP contribution in [0.2, 0.25) is 0 Å². The fraction of sp³-hybridized carbons (Fsp3) is 0.111. The van der Waals surface area contributed by atoms with Gasteiger partial charge >= 0.3 is 29.0 Å². The third kappa shape index (κ3) is 4.52. The van der Waals surface area contributed by atoms with Crippen molar-refractivity contribution in [2.75, 3.05) is 5.75 Å². The summed E-state index contributed by atoms with van der Waals surface area (Å²) in [5.41, 5.74) is 0. The maximum atomic E-state index is 11.1. The molecule has 0 fully saturated rings. The van der Waals surface area contributed by atoms with Crippen LogP contribution >= 0.6 is 0 Å². The molecule has 0 amide bonds. The average molecular weight is 206 g/mol. The SMILES string of the molecule is C=CCS(=O)(=O)Oc1ccccc1.[LiH]. The van der Waals surface area contributed by atoms with E-state index in [1.165, 1.54) is 6.08 Å². The summed E-state index contributed by atoms with van der Waals surface area (Å²) in [6.07, 6.45) is 1.29. The van der Waals surface area contributed by atoms with Crippen LogP contribution in [-0.2, 0) is 10.1 Å². The van der Waals surface area contributed by atoms with Crippen molar-refractivity contribution in [3.05, 3.63) is 43.0 Å². The molecule has 1 aromatic carbocycles. The topological polar surface area (TPSA) is 43.4 Å². The molecule has 0 heterocycles. The van der Waals surface area contributed by atoms with Gasteiger partial charge in [0.2, 0.25) is 0 Å². The van der Waals surface area contributed by atoms with E-state index in [1.54, 1.807) is 30.3 Å². The van der Waals surface area contributed by atoms with Crippen LogP contribution < -0.4 is 4.18 Å². The second-order valence-corrected chi connectivity index (χ2v) is 4.02. The van der Waals surface area contributed by atoms with Gasteiger partial charge in [0.1, 0.15) is 11.5 Å². The molecule has 72 valence electrons. The Morgan fingerprint density at radius 3 is 2.36 bits per heavy atom. The average Bonchev–Trinajstić information content (AvgIpc) is 2.04. The quantitative estimate of drug-likeness (QED) is 0.418. The molecule has 0 atom stereocenters. The molecular weight excluding hydrogens is 195 g/mol. The van der Waals surface area contributed by atoms with E-state index < -0.39 is 10.1 Å². The van der Waals surface area contributed by atoms with Crippen molar-refractivity contribution in [1.29, 1.82) is 0 Å². The fourth-order valence-corrected chi connectivity index (χ4v) is 1.56. The third-order valence-corrected chi connectivity index (χ3v) is 2.38.